The van der Waals surface area contributed by atoms with Gasteiger partial charge in [0.05, 0.1) is 47.6 Å². The van der Waals surface area contributed by atoms with Gasteiger partial charge in [-0.2, -0.15) is 0 Å². The largest absolute Gasteiger partial charge is 0.490 e. The summed E-state index contributed by atoms with van der Waals surface area (Å²) < 4.78 is 51.1. The molecule has 14 nitrogen and oxygen atoms in total. The summed E-state index contributed by atoms with van der Waals surface area (Å²) in [5.74, 6) is -1.78. The number of rotatable bonds is 10. The van der Waals surface area contributed by atoms with Crippen molar-refractivity contribution in [1.82, 2.24) is 9.80 Å². The molecule has 0 aromatic heterocycles. The van der Waals surface area contributed by atoms with E-state index in [9.17, 15) is 20.1 Å². The van der Waals surface area contributed by atoms with Gasteiger partial charge in [-0.05, 0) is 92.6 Å². The second kappa shape index (κ2) is 20.5. The highest BCUT2D eigenvalue weighted by Crippen LogP contribution is 2.41. The highest BCUT2D eigenvalue weighted by atomic mass is 16.7. The van der Waals surface area contributed by atoms with Gasteiger partial charge in [-0.3, -0.25) is 4.79 Å². The van der Waals surface area contributed by atoms with Gasteiger partial charge in [-0.15, -0.1) is 0 Å². The van der Waals surface area contributed by atoms with Crippen molar-refractivity contribution in [2.24, 2.45) is 23.7 Å². The van der Waals surface area contributed by atoms with E-state index in [1.807, 2.05) is 103 Å². The van der Waals surface area contributed by atoms with Crippen LogP contribution < -0.4 is 4.74 Å². The van der Waals surface area contributed by atoms with Gasteiger partial charge in [0.25, 0.3) is 0 Å². The Kier molecular flexibility index (Phi) is 17.2. The third kappa shape index (κ3) is 11.9. The van der Waals surface area contributed by atoms with E-state index in [2.05, 4.69) is 0 Å². The number of aliphatic hydroxyl groups excluding tert-OH is 3. The second-order valence-corrected chi connectivity index (χ2v) is 17.9. The number of hydrogen-bond acceptors (Lipinski definition) is 14. The molecule has 328 valence electrons. The van der Waals surface area contributed by atoms with E-state index in [1.165, 1.54) is 0 Å². The zero-order chi connectivity index (χ0) is 42.4. The van der Waals surface area contributed by atoms with Gasteiger partial charge >= 0.3 is 5.97 Å². The lowest BCUT2D eigenvalue weighted by Crippen LogP contribution is -2.61. The summed E-state index contributed by atoms with van der Waals surface area (Å²) in [5.41, 5.74) is -2.07. The molecule has 0 unspecified atom stereocenters. The number of carbonyl (C=O) groups is 1. The molecule has 3 aliphatic rings. The van der Waals surface area contributed by atoms with Crippen LogP contribution in [0.4, 0.5) is 0 Å². The van der Waals surface area contributed by atoms with Crippen LogP contribution in [-0.4, -0.2) is 165 Å². The zero-order valence-corrected chi connectivity index (χ0v) is 36.7. The first kappa shape index (κ1) is 47.7. The maximum absolute atomic E-state index is 14.5. The van der Waals surface area contributed by atoms with E-state index < -0.39 is 84.3 Å². The fraction of sp³-hybridized carbons (Fsp3) is 0.837. The first-order valence-corrected chi connectivity index (χ1v) is 20.7. The number of nitrogens with zero attached hydrogens (tertiary/aromatic N) is 2. The Labute approximate surface area is 341 Å². The van der Waals surface area contributed by atoms with Gasteiger partial charge in [0, 0.05) is 45.7 Å². The predicted octanol–water partition coefficient (Wildman–Crippen LogP) is 3.72. The van der Waals surface area contributed by atoms with Gasteiger partial charge < -0.3 is 63.0 Å². The van der Waals surface area contributed by atoms with Crippen LogP contribution in [0.15, 0.2) is 30.3 Å². The minimum absolute atomic E-state index is 0.101. The van der Waals surface area contributed by atoms with Crippen molar-refractivity contribution < 1.29 is 58.0 Å². The first-order chi connectivity index (χ1) is 26.7. The molecule has 1 aromatic rings. The molecule has 0 saturated carbocycles. The van der Waals surface area contributed by atoms with Crippen LogP contribution >= 0.6 is 0 Å². The number of esters is 1. The zero-order valence-electron chi connectivity index (χ0n) is 36.7. The van der Waals surface area contributed by atoms with Crippen LogP contribution in [0.5, 0.6) is 5.75 Å². The number of cyclic esters (lactones) is 1. The normalized spacial score (nSPS) is 43.5. The lowest BCUT2D eigenvalue weighted by atomic mass is 9.75. The smallest absolute Gasteiger partial charge is 0.311 e. The van der Waals surface area contributed by atoms with Crippen molar-refractivity contribution in [2.75, 3.05) is 55.1 Å². The Balaban J connectivity index is 1.81. The van der Waals surface area contributed by atoms with Crippen LogP contribution in [0, 0.1) is 23.7 Å². The minimum atomic E-state index is -1.09. The van der Waals surface area contributed by atoms with Crippen molar-refractivity contribution in [2.45, 2.75) is 153 Å². The summed E-state index contributed by atoms with van der Waals surface area (Å²) >= 11 is 0. The summed E-state index contributed by atoms with van der Waals surface area (Å²) in [4.78, 5) is 18.5. The molecular formula is C43H74N2O12. The Morgan fingerprint density at radius 3 is 2.12 bits per heavy atom. The molecule has 4 rings (SSSR count). The molecule has 3 N–H and O–H groups in total. The molecule has 0 aliphatic carbocycles. The van der Waals surface area contributed by atoms with E-state index in [4.69, 9.17) is 37.9 Å². The van der Waals surface area contributed by atoms with E-state index in [0.29, 0.717) is 31.7 Å². The second-order valence-electron chi connectivity index (χ2n) is 17.9. The minimum Gasteiger partial charge on any atom is -0.490 e. The summed E-state index contributed by atoms with van der Waals surface area (Å²) in [5, 5.41) is 34.6. The maximum atomic E-state index is 14.5. The summed E-state index contributed by atoms with van der Waals surface area (Å²) in [6.07, 6.45) is -6.71. The average Bonchev–Trinajstić information content (AvgIpc) is 3.17. The van der Waals surface area contributed by atoms with Crippen LogP contribution in [0.2, 0.25) is 0 Å². The quantitative estimate of drug-likeness (QED) is 0.294. The molecule has 3 saturated heterocycles. The maximum Gasteiger partial charge on any atom is 0.311 e. The topological polar surface area (TPSA) is 158 Å². The van der Waals surface area contributed by atoms with Crippen molar-refractivity contribution in [1.29, 1.82) is 0 Å². The Bertz CT molecular complexity index is 1380. The van der Waals surface area contributed by atoms with Gasteiger partial charge in [-0.25, -0.2) is 0 Å². The molecule has 57 heavy (non-hydrogen) atoms. The fourth-order valence-corrected chi connectivity index (χ4v) is 9.16. The van der Waals surface area contributed by atoms with Crippen LogP contribution in [0.3, 0.4) is 0 Å². The van der Waals surface area contributed by atoms with E-state index in [1.54, 1.807) is 28.1 Å². The number of aliphatic hydroxyl groups is 3. The standard InChI is InChI=1S/C43H74N2O12/c1-25-20-43(8,51-13)39(57-41-36(47)33(44(9)10)19-27(3)53-41)28(4)37(56-34-21-42(7,50-12)38(48)30(6)54-34)29(5)40(49)55-32(23-45(11)22-26(2)35(25)46)24-52-31-17-15-14-16-18-31/h14-18,25-30,32-39,41,46-48H,19-24H2,1-13H3/t25-,26-,27-,28+,29-,30+,32-,33+,34+,35+,36-,37+,38+,39-,41+,42-,43+/m1/s1. The first-order valence-electron chi connectivity index (χ1n) is 20.7. The van der Waals surface area contributed by atoms with Crippen LogP contribution in [0.1, 0.15) is 74.7 Å². The van der Waals surface area contributed by atoms with Crippen LogP contribution in [0.25, 0.3) is 0 Å². The summed E-state index contributed by atoms with van der Waals surface area (Å²) in [6, 6.07) is 9.13. The summed E-state index contributed by atoms with van der Waals surface area (Å²) in [6.45, 7) is 16.1. The predicted molar refractivity (Wildman–Crippen MR) is 215 cm³/mol. The number of ether oxygens (including phenoxy) is 8. The van der Waals surface area contributed by atoms with Crippen molar-refractivity contribution in [3.8, 4) is 5.75 Å². The molecule has 1 aromatic carbocycles. The fourth-order valence-electron chi connectivity index (χ4n) is 9.16. The van der Waals surface area contributed by atoms with Crippen LogP contribution in [-0.2, 0) is 38.0 Å². The van der Waals surface area contributed by atoms with Gasteiger partial charge in [0.1, 0.15) is 30.7 Å². The third-order valence-corrected chi connectivity index (χ3v) is 12.7. The average molecular weight is 811 g/mol. The van der Waals surface area contributed by atoms with Gasteiger partial charge in [-0.1, -0.05) is 39.0 Å². The monoisotopic (exact) mass is 811 g/mol. The Morgan fingerprint density at radius 2 is 1.51 bits per heavy atom. The number of hydrogen-bond donors (Lipinski definition) is 3. The van der Waals surface area contributed by atoms with E-state index >= 15 is 0 Å². The number of benzene rings is 1. The van der Waals surface area contributed by atoms with E-state index in [0.717, 1.165) is 0 Å². The number of para-hydroxylation sites is 1. The molecule has 0 bridgehead atoms. The third-order valence-electron chi connectivity index (χ3n) is 12.7. The highest BCUT2D eigenvalue weighted by Gasteiger charge is 2.52. The van der Waals surface area contributed by atoms with Crippen molar-refractivity contribution in [3.63, 3.8) is 0 Å². The van der Waals surface area contributed by atoms with Gasteiger partial charge in [0.2, 0.25) is 0 Å². The van der Waals surface area contributed by atoms with Crippen molar-refractivity contribution >= 4 is 5.97 Å². The Morgan fingerprint density at radius 1 is 0.860 bits per heavy atom. The molecular weight excluding hydrogens is 736 g/mol. The number of carbonyl (C=O) groups excluding carboxylic acids is 1. The molecule has 0 radical (unpaired) electrons. The molecule has 17 atom stereocenters. The molecule has 3 heterocycles. The van der Waals surface area contributed by atoms with Crippen molar-refractivity contribution in [3.05, 3.63) is 30.3 Å². The molecule has 0 amide bonds. The lowest BCUT2D eigenvalue weighted by molar-refractivity contribution is -0.319. The van der Waals surface area contributed by atoms with E-state index in [-0.39, 0.29) is 37.0 Å². The summed E-state index contributed by atoms with van der Waals surface area (Å²) in [7, 11) is 8.93. The molecule has 3 fully saturated rings. The lowest BCUT2D eigenvalue weighted by Gasteiger charge is -2.49. The Hall–Kier alpha value is -1.95. The SMILES string of the molecule is CO[C@]1(C)C[C@H](O[C@H]2[C@H](C)[C@@H](O[C@@H]3O[C@H](C)C[C@H](N(C)C)[C@H]3O)[C@@](C)(OC)C[C@@H](C)[C@H](O)[C@H](C)CN(C)C[C@H](COc3ccccc3)OC(=O)[C@@H]2C)O[C@@H](C)[C@@H]1O. The number of likely N-dealkylation sites (N-methyl/N-ethyl adjacent to an activating group) is 2. The molecule has 14 heteroatoms. The molecule has 3 aliphatic heterocycles. The number of methoxy groups -OCH3 is 2. The highest BCUT2D eigenvalue weighted by molar-refractivity contribution is 5.73. The van der Waals surface area contributed by atoms with Gasteiger partial charge in [0.15, 0.2) is 12.6 Å². The molecule has 0 spiro atoms.